The van der Waals surface area contributed by atoms with Crippen LogP contribution in [0.2, 0.25) is 0 Å². The fraction of sp³-hybridized carbons (Fsp3) is 0.645. The number of nitrogens with zero attached hydrogens (tertiary/aromatic N) is 2. The van der Waals surface area contributed by atoms with Crippen LogP contribution in [0.4, 0.5) is 0 Å². The first kappa shape index (κ1) is 29.3. The van der Waals surface area contributed by atoms with Gasteiger partial charge in [-0.15, -0.1) is 0 Å². The molecular formula is C31H51N2O2+. The van der Waals surface area contributed by atoms with E-state index >= 15 is 0 Å². The highest BCUT2D eigenvalue weighted by atomic mass is 16.5. The molecule has 0 fully saturated rings. The zero-order chi connectivity index (χ0) is 25.0. The number of imidazole rings is 1. The number of hydrogen-bond donors (Lipinski definition) is 1. The lowest BCUT2D eigenvalue weighted by molar-refractivity contribution is -0.687. The summed E-state index contributed by atoms with van der Waals surface area (Å²) in [5.74, 6) is 0. The quantitative estimate of drug-likeness (QED) is 0.141. The zero-order valence-corrected chi connectivity index (χ0v) is 22.4. The molecule has 0 amide bonds. The minimum absolute atomic E-state index is 0.402. The summed E-state index contributed by atoms with van der Waals surface area (Å²) in [6, 6.07) is 8.42. The van der Waals surface area contributed by atoms with Crippen molar-refractivity contribution >= 4 is 6.08 Å². The standard InChI is InChI=1S/C31H51N2O2/c1-3-5-6-7-8-9-10-11-12-13-14-15-16-17-24-35-27-31(34)26-33-23-22-32(28-33)25-30-20-18-29(4-2)19-21-30/h4,18-23,28,31,34H,2-3,5-17,24-27H2,1H3/q+1. The van der Waals surface area contributed by atoms with E-state index in [9.17, 15) is 5.11 Å². The Hall–Kier alpha value is -1.91. The Morgan fingerprint density at radius 2 is 1.46 bits per heavy atom. The van der Waals surface area contributed by atoms with Crippen molar-refractivity contribution in [2.24, 2.45) is 0 Å². The van der Waals surface area contributed by atoms with Crippen molar-refractivity contribution in [2.75, 3.05) is 13.2 Å². The molecule has 0 saturated carbocycles. The molecule has 0 aliphatic rings. The van der Waals surface area contributed by atoms with Gasteiger partial charge in [-0.25, -0.2) is 9.13 Å². The Morgan fingerprint density at radius 3 is 2.03 bits per heavy atom. The summed E-state index contributed by atoms with van der Waals surface area (Å²) in [6.07, 6.45) is 26.6. The molecule has 196 valence electrons. The van der Waals surface area contributed by atoms with Crippen molar-refractivity contribution < 1.29 is 14.4 Å². The topological polar surface area (TPSA) is 38.3 Å². The molecule has 0 aliphatic carbocycles. The fourth-order valence-electron chi connectivity index (χ4n) is 4.52. The lowest BCUT2D eigenvalue weighted by Crippen LogP contribution is -2.32. The van der Waals surface area contributed by atoms with E-state index in [1.54, 1.807) is 0 Å². The molecule has 1 aromatic heterocycles. The van der Waals surface area contributed by atoms with Crippen LogP contribution in [0.15, 0.2) is 49.6 Å². The third kappa shape index (κ3) is 14.3. The van der Waals surface area contributed by atoms with Gasteiger partial charge in [-0.1, -0.05) is 127 Å². The van der Waals surface area contributed by atoms with Gasteiger partial charge in [0.2, 0.25) is 6.33 Å². The first-order chi connectivity index (χ1) is 17.2. The van der Waals surface area contributed by atoms with Gasteiger partial charge >= 0.3 is 0 Å². The van der Waals surface area contributed by atoms with Gasteiger partial charge in [0, 0.05) is 6.61 Å². The number of hydrogen-bond acceptors (Lipinski definition) is 2. The van der Waals surface area contributed by atoms with Crippen molar-refractivity contribution in [1.82, 2.24) is 4.57 Å². The zero-order valence-electron chi connectivity index (χ0n) is 22.4. The number of rotatable bonds is 22. The van der Waals surface area contributed by atoms with Gasteiger partial charge in [-0.05, 0) is 17.5 Å². The molecule has 1 heterocycles. The first-order valence-corrected chi connectivity index (χ1v) is 14.2. The lowest BCUT2D eigenvalue weighted by Gasteiger charge is -2.09. The van der Waals surface area contributed by atoms with E-state index in [2.05, 4.69) is 42.3 Å². The smallest absolute Gasteiger partial charge is 0.244 e. The predicted octanol–water partition coefficient (Wildman–Crippen LogP) is 7.33. The van der Waals surface area contributed by atoms with Gasteiger partial charge in [-0.2, -0.15) is 0 Å². The normalized spacial score (nSPS) is 12.2. The van der Waals surface area contributed by atoms with Crippen LogP contribution in [0, 0.1) is 0 Å². The maximum absolute atomic E-state index is 10.3. The van der Waals surface area contributed by atoms with E-state index in [0.717, 1.165) is 25.1 Å². The summed E-state index contributed by atoms with van der Waals surface area (Å²) in [4.78, 5) is 0. The van der Waals surface area contributed by atoms with Crippen LogP contribution in [0.5, 0.6) is 0 Å². The molecule has 1 N–H and O–H groups in total. The summed E-state index contributed by atoms with van der Waals surface area (Å²) < 4.78 is 9.88. The van der Waals surface area contributed by atoms with Crippen molar-refractivity contribution in [2.45, 2.75) is 116 Å². The molecule has 4 heteroatoms. The Morgan fingerprint density at radius 1 is 0.886 bits per heavy atom. The third-order valence-corrected chi connectivity index (χ3v) is 6.70. The summed E-state index contributed by atoms with van der Waals surface area (Å²) >= 11 is 0. The minimum Gasteiger partial charge on any atom is -0.387 e. The SMILES string of the molecule is C=Cc1ccc(C[n+]2ccn(CC(O)COCCCCCCCCCCCCCCCC)c2)cc1. The molecule has 2 aromatic rings. The van der Waals surface area contributed by atoms with E-state index in [4.69, 9.17) is 4.74 Å². The Kier molecular flexibility index (Phi) is 16.2. The molecule has 0 aliphatic heterocycles. The number of aliphatic hydroxyl groups is 1. The molecule has 0 radical (unpaired) electrons. The van der Waals surface area contributed by atoms with Crippen molar-refractivity contribution in [3.05, 3.63) is 60.7 Å². The van der Waals surface area contributed by atoms with E-state index in [1.165, 1.54) is 89.0 Å². The van der Waals surface area contributed by atoms with Crippen molar-refractivity contribution in [3.8, 4) is 0 Å². The molecule has 35 heavy (non-hydrogen) atoms. The summed E-state index contributed by atoms with van der Waals surface area (Å²) in [5.41, 5.74) is 2.38. The number of ether oxygens (including phenoxy) is 1. The number of unbranched alkanes of at least 4 members (excludes halogenated alkanes) is 13. The van der Waals surface area contributed by atoms with Gasteiger partial charge in [-0.3, -0.25) is 0 Å². The van der Waals surface area contributed by atoms with Crippen LogP contribution >= 0.6 is 0 Å². The number of aromatic nitrogens is 2. The van der Waals surface area contributed by atoms with Crippen LogP contribution in [-0.4, -0.2) is 29.0 Å². The second kappa shape index (κ2) is 19.3. The second-order valence-corrected chi connectivity index (χ2v) is 10.1. The van der Waals surface area contributed by atoms with E-state index < -0.39 is 6.10 Å². The third-order valence-electron chi connectivity index (χ3n) is 6.70. The molecule has 0 saturated heterocycles. The second-order valence-electron chi connectivity index (χ2n) is 10.1. The summed E-state index contributed by atoms with van der Waals surface area (Å²) in [5, 5.41) is 10.3. The fourth-order valence-corrected chi connectivity index (χ4v) is 4.52. The molecule has 1 unspecified atom stereocenters. The largest absolute Gasteiger partial charge is 0.387 e. The molecule has 4 nitrogen and oxygen atoms in total. The van der Waals surface area contributed by atoms with Gasteiger partial charge in [0.05, 0.1) is 6.61 Å². The average Bonchev–Trinajstić information content (AvgIpc) is 3.30. The summed E-state index contributed by atoms with van der Waals surface area (Å²) in [6.45, 7) is 8.61. The van der Waals surface area contributed by atoms with Crippen molar-refractivity contribution in [1.29, 1.82) is 0 Å². The monoisotopic (exact) mass is 483 g/mol. The lowest BCUT2D eigenvalue weighted by atomic mass is 10.0. The van der Waals surface area contributed by atoms with E-state index in [0.29, 0.717) is 13.2 Å². The van der Waals surface area contributed by atoms with Gasteiger partial charge in [0.1, 0.15) is 31.6 Å². The van der Waals surface area contributed by atoms with Crippen molar-refractivity contribution in [3.63, 3.8) is 0 Å². The van der Waals surface area contributed by atoms with Crippen LogP contribution in [0.3, 0.4) is 0 Å². The Labute approximate surface area is 215 Å². The highest BCUT2D eigenvalue weighted by molar-refractivity contribution is 5.47. The van der Waals surface area contributed by atoms with Crippen LogP contribution in [0.1, 0.15) is 108 Å². The number of benzene rings is 1. The minimum atomic E-state index is -0.477. The van der Waals surface area contributed by atoms with Crippen LogP contribution in [0.25, 0.3) is 6.08 Å². The molecule has 1 atom stereocenters. The Balaban J connectivity index is 1.40. The van der Waals surface area contributed by atoms with Gasteiger partial charge in [0.25, 0.3) is 0 Å². The molecule has 2 rings (SSSR count). The molecule has 0 bridgehead atoms. The first-order valence-electron chi connectivity index (χ1n) is 14.2. The summed E-state index contributed by atoms with van der Waals surface area (Å²) in [7, 11) is 0. The van der Waals surface area contributed by atoms with Gasteiger partial charge < -0.3 is 9.84 Å². The average molecular weight is 484 g/mol. The molecule has 1 aromatic carbocycles. The van der Waals surface area contributed by atoms with Crippen LogP contribution in [-0.2, 0) is 17.8 Å². The highest BCUT2D eigenvalue weighted by Crippen LogP contribution is 2.13. The number of aliphatic hydroxyl groups excluding tert-OH is 1. The van der Waals surface area contributed by atoms with Crippen LogP contribution < -0.4 is 4.57 Å². The Bertz CT molecular complexity index is 769. The maximum Gasteiger partial charge on any atom is 0.244 e. The predicted molar refractivity (Wildman–Crippen MR) is 147 cm³/mol. The maximum atomic E-state index is 10.3. The molecular weight excluding hydrogens is 432 g/mol. The molecule has 0 spiro atoms. The van der Waals surface area contributed by atoms with E-state index in [-0.39, 0.29) is 0 Å². The highest BCUT2D eigenvalue weighted by Gasteiger charge is 2.11. The van der Waals surface area contributed by atoms with E-state index in [1.807, 2.05) is 29.4 Å². The van der Waals surface area contributed by atoms with Gasteiger partial charge in [0.15, 0.2) is 0 Å².